The maximum absolute atomic E-state index is 12.4. The Hall–Kier alpha value is -1.20. The van der Waals surface area contributed by atoms with Crippen LogP contribution in [0.4, 0.5) is 0 Å². The Morgan fingerprint density at radius 2 is 2.05 bits per heavy atom. The zero-order valence-corrected chi connectivity index (χ0v) is 14.3. The van der Waals surface area contributed by atoms with Crippen molar-refractivity contribution in [3.8, 4) is 0 Å². The molecule has 1 N–H and O–H groups in total. The van der Waals surface area contributed by atoms with E-state index in [2.05, 4.69) is 38.6 Å². The van der Waals surface area contributed by atoms with E-state index in [1.807, 2.05) is 12.2 Å². The molecular weight excluding hydrogens is 314 g/mol. The Balaban J connectivity index is 2.05. The predicted molar refractivity (Wildman–Crippen MR) is 95.9 cm³/mol. The van der Waals surface area contributed by atoms with Gasteiger partial charge in [0, 0.05) is 16.9 Å². The average molecular weight is 335 g/mol. The standard InChI is InChI=1S/C17H21NO2S2/c1-6-9-21-11(5)16(20)18-13-14(19)12-10(4)17(7-2,8-3)22-15(12)13/h6-8,10,12-13,15H,1-3,5,9H2,4H3,(H,18,20). The van der Waals surface area contributed by atoms with Crippen molar-refractivity contribution < 1.29 is 9.59 Å². The van der Waals surface area contributed by atoms with E-state index >= 15 is 0 Å². The van der Waals surface area contributed by atoms with E-state index in [-0.39, 0.29) is 33.5 Å². The Kier molecular flexibility index (Phi) is 5.07. The number of carbonyl (C=O) groups is 2. The molecule has 0 bridgehead atoms. The van der Waals surface area contributed by atoms with Crippen LogP contribution in [0.15, 0.2) is 49.4 Å². The van der Waals surface area contributed by atoms with Crippen molar-refractivity contribution in [1.82, 2.24) is 5.32 Å². The maximum atomic E-state index is 12.4. The number of rotatable bonds is 7. The number of amides is 1. The number of nitrogens with one attached hydrogen (secondary N) is 1. The predicted octanol–water partition coefficient (Wildman–Crippen LogP) is 2.97. The zero-order valence-electron chi connectivity index (χ0n) is 12.7. The summed E-state index contributed by atoms with van der Waals surface area (Å²) in [5, 5.41) is 2.90. The van der Waals surface area contributed by atoms with Crippen LogP contribution in [0, 0.1) is 11.8 Å². The minimum atomic E-state index is -0.437. The largest absolute Gasteiger partial charge is 0.341 e. The third-order valence-electron chi connectivity index (χ3n) is 4.46. The summed E-state index contributed by atoms with van der Waals surface area (Å²) >= 11 is 3.00. The molecule has 4 atom stereocenters. The molecule has 5 heteroatoms. The molecule has 22 heavy (non-hydrogen) atoms. The quantitative estimate of drug-likeness (QED) is 0.574. The molecule has 0 aromatic carbocycles. The highest BCUT2D eigenvalue weighted by molar-refractivity contribution is 8.04. The Morgan fingerprint density at radius 3 is 2.59 bits per heavy atom. The van der Waals surface area contributed by atoms with Crippen molar-refractivity contribution in [2.75, 3.05) is 5.75 Å². The summed E-state index contributed by atoms with van der Waals surface area (Å²) in [6.45, 7) is 17.2. The third kappa shape index (κ3) is 2.61. The SMILES string of the molecule is C=CCSC(=C)C(=O)NC1C(=O)C2C1SC(C=C)(C=C)C2C. The first-order valence-corrected chi connectivity index (χ1v) is 9.00. The minimum Gasteiger partial charge on any atom is -0.341 e. The van der Waals surface area contributed by atoms with Crippen LogP contribution < -0.4 is 5.32 Å². The Labute approximate surface area is 140 Å². The van der Waals surface area contributed by atoms with Crippen LogP contribution in [0.25, 0.3) is 0 Å². The smallest absolute Gasteiger partial charge is 0.257 e. The molecule has 1 heterocycles. The summed E-state index contributed by atoms with van der Waals surface area (Å²) < 4.78 is -0.293. The molecule has 2 fully saturated rings. The van der Waals surface area contributed by atoms with Crippen molar-refractivity contribution >= 4 is 35.2 Å². The first kappa shape index (κ1) is 17.2. The van der Waals surface area contributed by atoms with Gasteiger partial charge < -0.3 is 5.32 Å². The van der Waals surface area contributed by atoms with Crippen molar-refractivity contribution in [2.24, 2.45) is 11.8 Å². The topological polar surface area (TPSA) is 46.2 Å². The lowest BCUT2D eigenvalue weighted by atomic mass is 9.67. The molecule has 0 spiro atoms. The third-order valence-corrected chi connectivity index (χ3v) is 7.35. The van der Waals surface area contributed by atoms with Crippen LogP contribution in [-0.2, 0) is 9.59 Å². The van der Waals surface area contributed by atoms with Crippen LogP contribution >= 0.6 is 23.5 Å². The van der Waals surface area contributed by atoms with Crippen LogP contribution in [0.3, 0.4) is 0 Å². The highest BCUT2D eigenvalue weighted by Crippen LogP contribution is 2.58. The number of fused-ring (bicyclic) bond motifs is 1. The van der Waals surface area contributed by atoms with Gasteiger partial charge in [-0.25, -0.2) is 0 Å². The fourth-order valence-electron chi connectivity index (χ4n) is 3.07. The van der Waals surface area contributed by atoms with Gasteiger partial charge in [-0.1, -0.05) is 31.7 Å². The van der Waals surface area contributed by atoms with Crippen molar-refractivity contribution in [3.05, 3.63) is 49.4 Å². The zero-order chi connectivity index (χ0) is 16.5. The molecule has 0 radical (unpaired) electrons. The molecule has 1 amide bonds. The molecule has 2 aliphatic rings. The van der Waals surface area contributed by atoms with Gasteiger partial charge in [0.1, 0.15) is 6.04 Å². The maximum Gasteiger partial charge on any atom is 0.257 e. The second-order valence-corrected chi connectivity index (χ2v) is 8.14. The number of hydrogen-bond acceptors (Lipinski definition) is 4. The normalized spacial score (nSPS) is 31.6. The summed E-state index contributed by atoms with van der Waals surface area (Å²) in [6.07, 6.45) is 5.43. The molecule has 118 valence electrons. The van der Waals surface area contributed by atoms with E-state index in [9.17, 15) is 9.59 Å². The Morgan fingerprint density at radius 1 is 1.41 bits per heavy atom. The molecule has 1 saturated carbocycles. The monoisotopic (exact) mass is 335 g/mol. The lowest BCUT2D eigenvalue weighted by Gasteiger charge is -2.39. The molecule has 1 saturated heterocycles. The number of ketones is 1. The number of carbonyl (C=O) groups excluding carboxylic acids is 2. The van der Waals surface area contributed by atoms with Crippen molar-refractivity contribution in [1.29, 1.82) is 0 Å². The molecular formula is C17H21NO2S2. The van der Waals surface area contributed by atoms with E-state index in [1.54, 1.807) is 17.8 Å². The van der Waals surface area contributed by atoms with Gasteiger partial charge in [-0.05, 0) is 5.92 Å². The molecule has 3 nitrogen and oxygen atoms in total. The van der Waals surface area contributed by atoms with Gasteiger partial charge in [-0.15, -0.1) is 43.3 Å². The molecule has 4 unspecified atom stereocenters. The van der Waals surface area contributed by atoms with E-state index in [0.29, 0.717) is 10.7 Å². The first-order valence-electron chi connectivity index (χ1n) is 7.14. The second kappa shape index (κ2) is 6.50. The summed E-state index contributed by atoms with van der Waals surface area (Å²) in [5.74, 6) is 0.563. The van der Waals surface area contributed by atoms with Crippen LogP contribution in [-0.4, -0.2) is 33.5 Å². The fraction of sp³-hybridized carbons (Fsp3) is 0.412. The summed E-state index contributed by atoms with van der Waals surface area (Å²) in [4.78, 5) is 24.9. The van der Waals surface area contributed by atoms with Crippen molar-refractivity contribution in [2.45, 2.75) is 23.0 Å². The highest BCUT2D eigenvalue weighted by Gasteiger charge is 2.63. The van der Waals surface area contributed by atoms with Gasteiger partial charge in [-0.2, -0.15) is 0 Å². The summed E-state index contributed by atoms with van der Waals surface area (Å²) in [7, 11) is 0. The lowest BCUT2D eigenvalue weighted by molar-refractivity contribution is -0.136. The first-order chi connectivity index (χ1) is 10.4. The lowest BCUT2D eigenvalue weighted by Crippen LogP contribution is -2.62. The van der Waals surface area contributed by atoms with Crippen LogP contribution in [0.5, 0.6) is 0 Å². The fourth-order valence-corrected chi connectivity index (χ4v) is 5.46. The number of Topliss-reactive ketones (excluding diaryl/α,β-unsaturated/α-hetero) is 1. The van der Waals surface area contributed by atoms with Gasteiger partial charge in [0.2, 0.25) is 0 Å². The Bertz CT molecular complexity index is 547. The highest BCUT2D eigenvalue weighted by atomic mass is 32.2. The molecule has 0 aromatic heterocycles. The van der Waals surface area contributed by atoms with E-state index in [4.69, 9.17) is 0 Å². The number of thioether (sulfide) groups is 2. The van der Waals surface area contributed by atoms with Gasteiger partial charge in [0.05, 0.1) is 9.65 Å². The number of hydrogen-bond donors (Lipinski definition) is 1. The van der Waals surface area contributed by atoms with Gasteiger partial charge in [-0.3, -0.25) is 9.59 Å². The van der Waals surface area contributed by atoms with Crippen LogP contribution in [0.2, 0.25) is 0 Å². The average Bonchev–Trinajstić information content (AvgIpc) is 2.79. The van der Waals surface area contributed by atoms with Gasteiger partial charge in [0.15, 0.2) is 5.78 Å². The minimum absolute atomic E-state index is 0.0413. The molecule has 0 aromatic rings. The second-order valence-electron chi connectivity index (χ2n) is 5.54. The molecule has 1 aliphatic carbocycles. The molecule has 1 aliphatic heterocycles. The summed E-state index contributed by atoms with van der Waals surface area (Å²) in [6, 6.07) is -0.437. The van der Waals surface area contributed by atoms with E-state index < -0.39 is 6.04 Å². The van der Waals surface area contributed by atoms with E-state index in [1.165, 1.54) is 11.8 Å². The van der Waals surface area contributed by atoms with E-state index in [0.717, 1.165) is 0 Å². The van der Waals surface area contributed by atoms with Crippen molar-refractivity contribution in [3.63, 3.8) is 0 Å². The summed E-state index contributed by atoms with van der Waals surface area (Å²) in [5.41, 5.74) is 0. The molecule has 2 rings (SSSR count). The van der Waals surface area contributed by atoms with Crippen LogP contribution in [0.1, 0.15) is 6.92 Å². The van der Waals surface area contributed by atoms with Gasteiger partial charge >= 0.3 is 0 Å². The van der Waals surface area contributed by atoms with Gasteiger partial charge in [0.25, 0.3) is 5.91 Å².